The van der Waals surface area contributed by atoms with Crippen molar-refractivity contribution in [3.63, 3.8) is 0 Å². The number of carbonyl (C=O) groups excluding carboxylic acids is 1. The average Bonchev–Trinajstić information content (AvgIpc) is 3.10. The molecule has 3 aromatic rings. The first-order chi connectivity index (χ1) is 12.5. The second kappa shape index (κ2) is 7.91. The van der Waals surface area contributed by atoms with Crippen molar-refractivity contribution >= 4 is 5.91 Å². The molecular weight excluding hydrogens is 326 g/mol. The Morgan fingerprint density at radius 2 is 1.69 bits per heavy atom. The number of rotatable bonds is 6. The number of nitrogens with zero attached hydrogens (tertiary/aromatic N) is 4. The molecule has 0 spiro atoms. The molecule has 0 radical (unpaired) electrons. The van der Waals surface area contributed by atoms with Crippen LogP contribution < -0.4 is 5.32 Å². The van der Waals surface area contributed by atoms with E-state index in [-0.39, 0.29) is 18.5 Å². The Bertz CT molecular complexity index is 855. The molecule has 6 heteroatoms. The maximum atomic E-state index is 12.2. The fraction of sp³-hybridized carbons (Fsp3) is 0.300. The zero-order valence-electron chi connectivity index (χ0n) is 15.3. The third kappa shape index (κ3) is 4.33. The van der Waals surface area contributed by atoms with E-state index in [1.807, 2.05) is 49.4 Å². The van der Waals surface area contributed by atoms with Gasteiger partial charge in [-0.25, -0.2) is 0 Å². The zero-order chi connectivity index (χ0) is 18.5. The van der Waals surface area contributed by atoms with Crippen LogP contribution in [0.15, 0.2) is 54.6 Å². The van der Waals surface area contributed by atoms with Gasteiger partial charge in [0.15, 0.2) is 0 Å². The highest BCUT2D eigenvalue weighted by molar-refractivity contribution is 5.76. The lowest BCUT2D eigenvalue weighted by Gasteiger charge is -2.13. The molecule has 26 heavy (non-hydrogen) atoms. The molecule has 1 N–H and O–H groups in total. The topological polar surface area (TPSA) is 72.7 Å². The van der Waals surface area contributed by atoms with E-state index in [9.17, 15) is 4.79 Å². The molecular formula is C20H23N5O. The Labute approximate surface area is 153 Å². The Hall–Kier alpha value is -3.02. The number of aromatic nitrogens is 4. The van der Waals surface area contributed by atoms with E-state index in [1.165, 1.54) is 10.4 Å². The third-order valence-corrected chi connectivity index (χ3v) is 4.25. The normalized spacial score (nSPS) is 12.2. The summed E-state index contributed by atoms with van der Waals surface area (Å²) in [7, 11) is 0. The van der Waals surface area contributed by atoms with E-state index in [0.29, 0.717) is 11.7 Å². The van der Waals surface area contributed by atoms with Gasteiger partial charge in [0, 0.05) is 5.56 Å². The van der Waals surface area contributed by atoms with Gasteiger partial charge in [0.2, 0.25) is 11.7 Å². The lowest BCUT2D eigenvalue weighted by atomic mass is 10.0. The monoisotopic (exact) mass is 349 g/mol. The number of carbonyl (C=O) groups is 1. The number of amides is 1. The lowest BCUT2D eigenvalue weighted by Crippen LogP contribution is -2.30. The standard InChI is InChI=1S/C20H23N5O/c1-14(2)16-9-11-18(12-10-16)20-22-24-25(23-20)13-19(26)21-15(3)17-7-5-4-6-8-17/h4-12,14-15H,13H2,1-3H3,(H,21,26)/t15-/m0/s1. The summed E-state index contributed by atoms with van der Waals surface area (Å²) in [6.45, 7) is 6.29. The van der Waals surface area contributed by atoms with E-state index in [2.05, 4.69) is 46.7 Å². The van der Waals surface area contributed by atoms with Crippen LogP contribution in [0, 0.1) is 0 Å². The summed E-state index contributed by atoms with van der Waals surface area (Å²) in [5, 5.41) is 15.3. The van der Waals surface area contributed by atoms with Crippen LogP contribution in [0.2, 0.25) is 0 Å². The van der Waals surface area contributed by atoms with Crippen molar-refractivity contribution in [3.8, 4) is 11.4 Å². The van der Waals surface area contributed by atoms with Crippen LogP contribution in [-0.2, 0) is 11.3 Å². The van der Waals surface area contributed by atoms with E-state index in [1.54, 1.807) is 0 Å². The van der Waals surface area contributed by atoms with Crippen molar-refractivity contribution in [2.75, 3.05) is 0 Å². The molecule has 6 nitrogen and oxygen atoms in total. The summed E-state index contributed by atoms with van der Waals surface area (Å²) < 4.78 is 0. The minimum Gasteiger partial charge on any atom is -0.348 e. The molecule has 0 aliphatic carbocycles. The summed E-state index contributed by atoms with van der Waals surface area (Å²) in [4.78, 5) is 13.5. The van der Waals surface area contributed by atoms with Gasteiger partial charge in [-0.05, 0) is 29.2 Å². The Morgan fingerprint density at radius 3 is 2.35 bits per heavy atom. The molecule has 0 saturated heterocycles. The molecule has 0 unspecified atom stereocenters. The first-order valence-electron chi connectivity index (χ1n) is 8.75. The fourth-order valence-corrected chi connectivity index (χ4v) is 2.68. The van der Waals surface area contributed by atoms with E-state index >= 15 is 0 Å². The quantitative estimate of drug-likeness (QED) is 0.741. The second-order valence-electron chi connectivity index (χ2n) is 6.62. The summed E-state index contributed by atoms with van der Waals surface area (Å²) in [5.74, 6) is 0.840. The highest BCUT2D eigenvalue weighted by atomic mass is 16.2. The van der Waals surface area contributed by atoms with Gasteiger partial charge in [0.05, 0.1) is 6.04 Å². The molecule has 1 heterocycles. The maximum absolute atomic E-state index is 12.2. The minimum atomic E-state index is -0.152. The van der Waals surface area contributed by atoms with Crippen LogP contribution >= 0.6 is 0 Å². The highest BCUT2D eigenvalue weighted by Crippen LogP contribution is 2.19. The van der Waals surface area contributed by atoms with Gasteiger partial charge in [-0.3, -0.25) is 4.79 Å². The highest BCUT2D eigenvalue weighted by Gasteiger charge is 2.12. The van der Waals surface area contributed by atoms with Gasteiger partial charge in [0.25, 0.3) is 0 Å². The van der Waals surface area contributed by atoms with Gasteiger partial charge in [0.1, 0.15) is 6.54 Å². The molecule has 3 rings (SSSR count). The largest absolute Gasteiger partial charge is 0.348 e. The maximum Gasteiger partial charge on any atom is 0.244 e. The lowest BCUT2D eigenvalue weighted by molar-refractivity contribution is -0.122. The van der Waals surface area contributed by atoms with E-state index in [4.69, 9.17) is 0 Å². The third-order valence-electron chi connectivity index (χ3n) is 4.25. The second-order valence-corrected chi connectivity index (χ2v) is 6.62. The average molecular weight is 349 g/mol. The molecule has 1 aromatic heterocycles. The number of nitrogens with one attached hydrogen (secondary N) is 1. The van der Waals surface area contributed by atoms with Gasteiger partial charge in [-0.1, -0.05) is 68.4 Å². The van der Waals surface area contributed by atoms with Crippen molar-refractivity contribution in [1.82, 2.24) is 25.5 Å². The molecule has 0 bridgehead atoms. The van der Waals surface area contributed by atoms with Crippen LogP contribution in [0.5, 0.6) is 0 Å². The van der Waals surface area contributed by atoms with Gasteiger partial charge in [-0.15, -0.1) is 10.2 Å². The SMILES string of the molecule is CC(C)c1ccc(-c2nnn(CC(=O)N[C@@H](C)c3ccccc3)n2)cc1. The first kappa shape index (κ1) is 17.8. The van der Waals surface area contributed by atoms with E-state index < -0.39 is 0 Å². The van der Waals surface area contributed by atoms with Crippen molar-refractivity contribution in [1.29, 1.82) is 0 Å². The van der Waals surface area contributed by atoms with Crippen LogP contribution in [0.4, 0.5) is 0 Å². The van der Waals surface area contributed by atoms with Crippen molar-refractivity contribution in [2.24, 2.45) is 0 Å². The minimum absolute atomic E-state index is 0.0360. The molecule has 0 aliphatic heterocycles. The first-order valence-corrected chi connectivity index (χ1v) is 8.75. The molecule has 0 aliphatic rings. The van der Waals surface area contributed by atoms with Crippen molar-refractivity contribution in [2.45, 2.75) is 39.3 Å². The van der Waals surface area contributed by atoms with Gasteiger partial charge in [-0.2, -0.15) is 4.80 Å². The van der Waals surface area contributed by atoms with Crippen molar-refractivity contribution in [3.05, 3.63) is 65.7 Å². The molecule has 1 atom stereocenters. The molecule has 2 aromatic carbocycles. The van der Waals surface area contributed by atoms with Crippen LogP contribution in [0.25, 0.3) is 11.4 Å². The fourth-order valence-electron chi connectivity index (χ4n) is 2.68. The van der Waals surface area contributed by atoms with Crippen LogP contribution in [0.3, 0.4) is 0 Å². The molecule has 0 saturated carbocycles. The van der Waals surface area contributed by atoms with Crippen LogP contribution in [-0.4, -0.2) is 26.1 Å². The zero-order valence-corrected chi connectivity index (χ0v) is 15.3. The summed E-state index contributed by atoms with van der Waals surface area (Å²) in [5.41, 5.74) is 3.20. The predicted molar refractivity (Wildman–Crippen MR) is 100 cm³/mol. The molecule has 1 amide bonds. The number of benzene rings is 2. The summed E-state index contributed by atoms with van der Waals surface area (Å²) in [6, 6.07) is 17.8. The Morgan fingerprint density at radius 1 is 1.00 bits per heavy atom. The van der Waals surface area contributed by atoms with E-state index in [0.717, 1.165) is 11.1 Å². The Kier molecular flexibility index (Phi) is 5.41. The Balaban J connectivity index is 1.62. The van der Waals surface area contributed by atoms with Crippen LogP contribution in [0.1, 0.15) is 43.9 Å². The van der Waals surface area contributed by atoms with Gasteiger partial charge >= 0.3 is 0 Å². The number of hydrogen-bond acceptors (Lipinski definition) is 4. The molecule has 134 valence electrons. The molecule has 0 fully saturated rings. The van der Waals surface area contributed by atoms with Crippen molar-refractivity contribution < 1.29 is 4.79 Å². The summed E-state index contributed by atoms with van der Waals surface area (Å²) >= 11 is 0. The smallest absolute Gasteiger partial charge is 0.244 e. The predicted octanol–water partition coefficient (Wildman–Crippen LogP) is 3.34. The number of hydrogen-bond donors (Lipinski definition) is 1. The summed E-state index contributed by atoms with van der Waals surface area (Å²) in [6.07, 6.45) is 0. The number of tetrazole rings is 1. The van der Waals surface area contributed by atoms with Gasteiger partial charge < -0.3 is 5.32 Å².